The zero-order valence-corrected chi connectivity index (χ0v) is 23.1. The van der Waals surface area contributed by atoms with Gasteiger partial charge in [-0.05, 0) is 66.6 Å². The van der Waals surface area contributed by atoms with Gasteiger partial charge in [0.1, 0.15) is 5.75 Å². The Bertz CT molecular complexity index is 1540. The van der Waals surface area contributed by atoms with Crippen LogP contribution in [0.15, 0.2) is 90.2 Å². The third kappa shape index (κ3) is 6.40. The van der Waals surface area contributed by atoms with Crippen LogP contribution in [0.4, 0.5) is 0 Å². The van der Waals surface area contributed by atoms with E-state index in [2.05, 4.69) is 4.98 Å². The Morgan fingerprint density at radius 2 is 1.69 bits per heavy atom. The number of nitrogens with zero attached hydrogens (tertiary/aromatic N) is 3. The van der Waals surface area contributed by atoms with E-state index < -0.39 is 9.84 Å². The molecule has 0 aliphatic heterocycles. The summed E-state index contributed by atoms with van der Waals surface area (Å²) in [6.07, 6.45) is 3.78. The van der Waals surface area contributed by atoms with Crippen LogP contribution in [0.5, 0.6) is 5.75 Å². The van der Waals surface area contributed by atoms with Gasteiger partial charge >= 0.3 is 0 Å². The van der Waals surface area contributed by atoms with Gasteiger partial charge in [0, 0.05) is 12.1 Å². The zero-order chi connectivity index (χ0) is 27.4. The smallest absolute Gasteiger partial charge is 0.254 e. The number of ether oxygens (including phenoxy) is 1. The molecular weight excluding hydrogens is 510 g/mol. The number of carbonyl (C=O) groups excluding carboxylic acids is 1. The molecule has 3 aromatic carbocycles. The highest BCUT2D eigenvalue weighted by Gasteiger charge is 2.30. The second kappa shape index (κ2) is 11.5. The Labute approximate surface area is 230 Å². The molecule has 7 nitrogen and oxygen atoms in total. The van der Waals surface area contributed by atoms with Gasteiger partial charge in [0.2, 0.25) is 15.0 Å². The predicted octanol–water partition coefficient (Wildman–Crippen LogP) is 5.27. The van der Waals surface area contributed by atoms with Gasteiger partial charge in [-0.1, -0.05) is 54.6 Å². The Kier molecular flexibility index (Phi) is 7.84. The lowest BCUT2D eigenvalue weighted by atomic mass is 10.1. The van der Waals surface area contributed by atoms with Gasteiger partial charge in [0.15, 0.2) is 0 Å². The molecule has 4 aromatic rings. The standard InChI is InChI=1S/C31H33N3O4S/c1-23-8-6-7-11-27(23)22-39(36,37)31-32-18-28(34(31)20-24-9-4-3-5-10-24)21-33(19-25-12-13-25)30(35)26-14-16-29(38-2)17-15-26/h3-11,14-18,25H,12-13,19-22H2,1-2H3. The van der Waals surface area contributed by atoms with E-state index >= 15 is 0 Å². The van der Waals surface area contributed by atoms with Crippen LogP contribution in [0.2, 0.25) is 0 Å². The van der Waals surface area contributed by atoms with E-state index in [9.17, 15) is 13.2 Å². The normalized spacial score (nSPS) is 13.3. The summed E-state index contributed by atoms with van der Waals surface area (Å²) in [5.41, 5.74) is 3.88. The third-order valence-corrected chi connectivity index (χ3v) is 8.70. The summed E-state index contributed by atoms with van der Waals surface area (Å²) in [6.45, 7) is 3.13. The molecule has 0 unspecified atom stereocenters. The average molecular weight is 544 g/mol. The van der Waals surface area contributed by atoms with E-state index in [1.54, 1.807) is 42.1 Å². The second-order valence-electron chi connectivity index (χ2n) is 10.1. The number of carbonyl (C=O) groups is 1. The number of amides is 1. The molecule has 1 amide bonds. The molecule has 1 saturated carbocycles. The molecule has 5 rings (SSSR count). The molecule has 1 aromatic heterocycles. The van der Waals surface area contributed by atoms with Crippen LogP contribution >= 0.6 is 0 Å². The maximum Gasteiger partial charge on any atom is 0.254 e. The van der Waals surface area contributed by atoms with E-state index in [-0.39, 0.29) is 23.4 Å². The first kappa shape index (κ1) is 26.7. The highest BCUT2D eigenvalue weighted by atomic mass is 32.2. The first-order valence-electron chi connectivity index (χ1n) is 13.1. The van der Waals surface area contributed by atoms with Gasteiger partial charge in [0.25, 0.3) is 5.91 Å². The Hall–Kier alpha value is -3.91. The minimum Gasteiger partial charge on any atom is -0.497 e. The number of imidazole rings is 1. The van der Waals surface area contributed by atoms with E-state index in [1.807, 2.05) is 66.4 Å². The van der Waals surface area contributed by atoms with Gasteiger partial charge < -0.3 is 14.2 Å². The van der Waals surface area contributed by atoms with Crippen LogP contribution in [0, 0.1) is 12.8 Å². The molecule has 0 spiro atoms. The summed E-state index contributed by atoms with van der Waals surface area (Å²) < 4.78 is 34.4. The molecular formula is C31H33N3O4S. The Morgan fingerprint density at radius 1 is 1.00 bits per heavy atom. The number of aromatic nitrogens is 2. The van der Waals surface area contributed by atoms with Gasteiger partial charge in [-0.2, -0.15) is 0 Å². The van der Waals surface area contributed by atoms with Crippen LogP contribution < -0.4 is 4.74 Å². The fraction of sp³-hybridized carbons (Fsp3) is 0.290. The van der Waals surface area contributed by atoms with Crippen LogP contribution in [-0.4, -0.2) is 42.4 Å². The fourth-order valence-corrected chi connectivity index (χ4v) is 6.28. The highest BCUT2D eigenvalue weighted by molar-refractivity contribution is 7.90. The molecule has 0 saturated heterocycles. The summed E-state index contributed by atoms with van der Waals surface area (Å²) in [4.78, 5) is 19.8. The van der Waals surface area contributed by atoms with E-state index in [1.165, 1.54) is 0 Å². The van der Waals surface area contributed by atoms with Crippen molar-refractivity contribution in [3.05, 3.63) is 113 Å². The first-order chi connectivity index (χ1) is 18.8. The molecule has 202 valence electrons. The maximum atomic E-state index is 13.7. The van der Waals surface area contributed by atoms with Crippen molar-refractivity contribution < 1.29 is 17.9 Å². The fourth-order valence-electron chi connectivity index (χ4n) is 4.69. The van der Waals surface area contributed by atoms with Crippen molar-refractivity contribution in [2.75, 3.05) is 13.7 Å². The van der Waals surface area contributed by atoms with Crippen molar-refractivity contribution in [1.82, 2.24) is 14.5 Å². The second-order valence-corrected chi connectivity index (χ2v) is 12.0. The predicted molar refractivity (Wildman–Crippen MR) is 150 cm³/mol. The van der Waals surface area contributed by atoms with Crippen molar-refractivity contribution in [1.29, 1.82) is 0 Å². The molecule has 39 heavy (non-hydrogen) atoms. The summed E-state index contributed by atoms with van der Waals surface area (Å²) in [5.74, 6) is 0.912. The molecule has 1 aliphatic rings. The number of aryl methyl sites for hydroxylation is 1. The van der Waals surface area contributed by atoms with E-state index in [0.717, 1.165) is 29.5 Å². The van der Waals surface area contributed by atoms with Crippen LogP contribution in [0.1, 0.15) is 45.6 Å². The van der Waals surface area contributed by atoms with E-state index in [4.69, 9.17) is 4.74 Å². The molecule has 1 aliphatic carbocycles. The van der Waals surface area contributed by atoms with Gasteiger partial charge in [-0.25, -0.2) is 13.4 Å². The van der Waals surface area contributed by atoms with Gasteiger partial charge in [0.05, 0.1) is 37.8 Å². The van der Waals surface area contributed by atoms with Crippen molar-refractivity contribution in [3.63, 3.8) is 0 Å². The molecule has 0 atom stereocenters. The zero-order valence-electron chi connectivity index (χ0n) is 22.3. The van der Waals surface area contributed by atoms with Crippen molar-refractivity contribution in [2.24, 2.45) is 5.92 Å². The highest BCUT2D eigenvalue weighted by Crippen LogP contribution is 2.31. The SMILES string of the molecule is COc1ccc(C(=O)N(Cc2cnc(S(=O)(=O)Cc3ccccc3C)n2Cc2ccccc2)CC2CC2)cc1. The molecule has 1 fully saturated rings. The van der Waals surface area contributed by atoms with E-state index in [0.29, 0.717) is 36.0 Å². The number of benzene rings is 3. The van der Waals surface area contributed by atoms with Crippen molar-refractivity contribution >= 4 is 15.7 Å². The summed E-state index contributed by atoms with van der Waals surface area (Å²) >= 11 is 0. The average Bonchev–Trinajstić information content (AvgIpc) is 3.68. The number of sulfone groups is 1. The molecule has 1 heterocycles. The van der Waals surface area contributed by atoms with Crippen LogP contribution in [-0.2, 0) is 28.7 Å². The number of hydrogen-bond acceptors (Lipinski definition) is 5. The monoisotopic (exact) mass is 543 g/mol. The molecule has 0 radical (unpaired) electrons. The largest absolute Gasteiger partial charge is 0.497 e. The minimum absolute atomic E-state index is 0.0212. The summed E-state index contributed by atoms with van der Waals surface area (Å²) in [7, 11) is -2.17. The number of methoxy groups -OCH3 is 1. The Morgan fingerprint density at radius 3 is 2.36 bits per heavy atom. The van der Waals surface area contributed by atoms with Crippen LogP contribution in [0.3, 0.4) is 0 Å². The quantitative estimate of drug-likeness (QED) is 0.257. The third-order valence-electron chi connectivity index (χ3n) is 7.12. The molecule has 8 heteroatoms. The van der Waals surface area contributed by atoms with Crippen molar-refractivity contribution in [3.8, 4) is 5.75 Å². The lowest BCUT2D eigenvalue weighted by molar-refractivity contribution is 0.0730. The molecule has 0 N–H and O–H groups in total. The summed E-state index contributed by atoms with van der Waals surface area (Å²) in [5, 5.41) is 0.0212. The van der Waals surface area contributed by atoms with Crippen LogP contribution in [0.25, 0.3) is 0 Å². The van der Waals surface area contributed by atoms with Gasteiger partial charge in [-0.15, -0.1) is 0 Å². The minimum atomic E-state index is -3.76. The first-order valence-corrected chi connectivity index (χ1v) is 14.8. The lowest BCUT2D eigenvalue weighted by Crippen LogP contribution is -2.33. The maximum absolute atomic E-state index is 13.7. The Balaban J connectivity index is 1.49. The lowest BCUT2D eigenvalue weighted by Gasteiger charge is -2.24. The number of rotatable bonds is 11. The molecule has 0 bridgehead atoms. The van der Waals surface area contributed by atoms with Gasteiger partial charge in [-0.3, -0.25) is 4.79 Å². The van der Waals surface area contributed by atoms with Crippen molar-refractivity contribution in [2.45, 2.75) is 43.8 Å². The summed E-state index contributed by atoms with van der Waals surface area (Å²) in [6, 6.07) is 24.3. The topological polar surface area (TPSA) is 81.5 Å². The number of hydrogen-bond donors (Lipinski definition) is 0.